The van der Waals surface area contributed by atoms with E-state index in [0.29, 0.717) is 16.4 Å². The molecule has 7 heteroatoms. The molecule has 0 radical (unpaired) electrons. The zero-order valence-corrected chi connectivity index (χ0v) is 15.8. The Morgan fingerprint density at radius 3 is 2.22 bits per heavy atom. The van der Waals surface area contributed by atoms with Crippen LogP contribution in [-0.2, 0) is 0 Å². The Balaban J connectivity index is 2.04. The topological polar surface area (TPSA) is 84.0 Å². The van der Waals surface area contributed by atoms with Gasteiger partial charge in [-0.3, -0.25) is 9.59 Å². The molecular formula is C20H18ClN3O3. The highest BCUT2D eigenvalue weighted by Crippen LogP contribution is 2.22. The molecule has 0 spiro atoms. The fourth-order valence-electron chi connectivity index (χ4n) is 3.02. The minimum atomic E-state index is -0.707. The first kappa shape index (κ1) is 18.7. The first-order chi connectivity index (χ1) is 12.8. The number of nitrogens with one attached hydrogen (secondary N) is 2. The third-order valence-electron chi connectivity index (χ3n) is 4.22. The summed E-state index contributed by atoms with van der Waals surface area (Å²) in [5, 5.41) is 3.25. The van der Waals surface area contributed by atoms with E-state index in [-0.39, 0.29) is 5.56 Å². The largest absolute Gasteiger partial charge is 0.333 e. The predicted molar refractivity (Wildman–Crippen MR) is 106 cm³/mol. The number of aryl methyl sites for hydroxylation is 3. The maximum atomic E-state index is 12.8. The molecule has 3 rings (SSSR count). The number of aromatic amines is 1. The normalized spacial score (nSPS) is 10.7. The molecule has 1 amide bonds. The lowest BCUT2D eigenvalue weighted by Crippen LogP contribution is -2.38. The summed E-state index contributed by atoms with van der Waals surface area (Å²) in [7, 11) is 0. The number of amides is 1. The molecule has 0 atom stereocenters. The zero-order chi connectivity index (χ0) is 19.7. The van der Waals surface area contributed by atoms with E-state index >= 15 is 0 Å². The second-order valence-corrected chi connectivity index (χ2v) is 6.79. The average molecular weight is 384 g/mol. The molecule has 0 aliphatic rings. The van der Waals surface area contributed by atoms with Gasteiger partial charge in [-0.25, -0.2) is 9.36 Å². The maximum absolute atomic E-state index is 12.8. The Labute approximate surface area is 160 Å². The molecular weight excluding hydrogens is 366 g/mol. The number of H-pyrrole nitrogens is 1. The third kappa shape index (κ3) is 3.71. The second-order valence-electron chi connectivity index (χ2n) is 6.35. The molecule has 3 aromatic rings. The van der Waals surface area contributed by atoms with Crippen molar-refractivity contribution in [2.24, 2.45) is 0 Å². The van der Waals surface area contributed by atoms with E-state index in [2.05, 4.69) is 10.3 Å². The van der Waals surface area contributed by atoms with Crippen LogP contribution in [0.15, 0.2) is 52.2 Å². The number of benzene rings is 2. The van der Waals surface area contributed by atoms with E-state index in [0.717, 1.165) is 27.5 Å². The van der Waals surface area contributed by atoms with Crippen molar-refractivity contribution in [3.8, 4) is 5.69 Å². The summed E-state index contributed by atoms with van der Waals surface area (Å²) in [6, 6.07) is 10.1. The molecule has 1 aromatic heterocycles. The van der Waals surface area contributed by atoms with Crippen LogP contribution in [0.4, 0.5) is 5.69 Å². The molecule has 0 bridgehead atoms. The van der Waals surface area contributed by atoms with Crippen molar-refractivity contribution in [3.05, 3.63) is 90.7 Å². The molecule has 0 unspecified atom stereocenters. The van der Waals surface area contributed by atoms with Crippen molar-refractivity contribution in [3.63, 3.8) is 0 Å². The summed E-state index contributed by atoms with van der Waals surface area (Å²) >= 11 is 5.85. The van der Waals surface area contributed by atoms with Crippen molar-refractivity contribution in [1.29, 1.82) is 0 Å². The molecule has 0 aliphatic carbocycles. The Bertz CT molecular complexity index is 1120. The van der Waals surface area contributed by atoms with Crippen molar-refractivity contribution < 1.29 is 4.79 Å². The van der Waals surface area contributed by atoms with Crippen molar-refractivity contribution in [1.82, 2.24) is 9.55 Å². The van der Waals surface area contributed by atoms with Gasteiger partial charge in [0.15, 0.2) is 0 Å². The fourth-order valence-corrected chi connectivity index (χ4v) is 3.14. The van der Waals surface area contributed by atoms with Crippen molar-refractivity contribution >= 4 is 23.2 Å². The van der Waals surface area contributed by atoms with Gasteiger partial charge in [0.2, 0.25) is 0 Å². The minimum absolute atomic E-state index is 0.163. The van der Waals surface area contributed by atoms with Gasteiger partial charge in [-0.1, -0.05) is 29.3 Å². The molecule has 0 aliphatic heterocycles. The van der Waals surface area contributed by atoms with E-state index in [1.54, 1.807) is 12.1 Å². The quantitative estimate of drug-likeness (QED) is 0.727. The molecule has 0 fully saturated rings. The molecule has 2 aromatic carbocycles. The van der Waals surface area contributed by atoms with Gasteiger partial charge in [0.05, 0.1) is 5.69 Å². The monoisotopic (exact) mass is 383 g/mol. The standard InChI is InChI=1S/C20H18ClN3O3/c1-11-8-12(2)17(13(3)9-11)23-18(25)16-10-22-20(27)24(19(16)26)15-6-4-14(21)5-7-15/h4-10H,1-3H3,(H,22,27)(H,23,25). The average Bonchev–Trinajstić information content (AvgIpc) is 2.59. The predicted octanol–water partition coefficient (Wildman–Crippen LogP) is 3.36. The SMILES string of the molecule is Cc1cc(C)c(NC(=O)c2c[nH]c(=O)n(-c3ccc(Cl)cc3)c2=O)c(C)c1. The Hall–Kier alpha value is -3.12. The number of halogens is 1. The lowest BCUT2D eigenvalue weighted by atomic mass is 10.0. The van der Waals surface area contributed by atoms with Gasteiger partial charge < -0.3 is 10.3 Å². The van der Waals surface area contributed by atoms with Gasteiger partial charge in [-0.05, 0) is 56.2 Å². The minimum Gasteiger partial charge on any atom is -0.321 e. The van der Waals surface area contributed by atoms with Crippen LogP contribution in [0, 0.1) is 20.8 Å². The molecule has 2 N–H and O–H groups in total. The summed E-state index contributed by atoms with van der Waals surface area (Å²) in [6.45, 7) is 5.74. The number of hydrogen-bond acceptors (Lipinski definition) is 3. The van der Waals surface area contributed by atoms with Gasteiger partial charge in [-0.15, -0.1) is 0 Å². The highest BCUT2D eigenvalue weighted by Gasteiger charge is 2.17. The highest BCUT2D eigenvalue weighted by molar-refractivity contribution is 6.30. The maximum Gasteiger partial charge on any atom is 0.333 e. The highest BCUT2D eigenvalue weighted by atomic mass is 35.5. The second kappa shape index (κ2) is 7.25. The molecule has 0 saturated heterocycles. The van der Waals surface area contributed by atoms with Crippen LogP contribution in [0.5, 0.6) is 0 Å². The summed E-state index contributed by atoms with van der Waals surface area (Å²) in [5.74, 6) is -0.589. The number of carbonyl (C=O) groups is 1. The lowest BCUT2D eigenvalue weighted by molar-refractivity contribution is 0.102. The molecule has 0 saturated carbocycles. The van der Waals surface area contributed by atoms with Gasteiger partial charge in [-0.2, -0.15) is 0 Å². The van der Waals surface area contributed by atoms with Crippen molar-refractivity contribution in [2.75, 3.05) is 5.32 Å². The molecule has 1 heterocycles. The summed E-state index contributed by atoms with van der Waals surface area (Å²) in [5.41, 5.74) is 2.33. The Kier molecular flexibility index (Phi) is 5.01. The van der Waals surface area contributed by atoms with Gasteiger partial charge in [0, 0.05) is 16.9 Å². The van der Waals surface area contributed by atoms with Crippen LogP contribution >= 0.6 is 11.6 Å². The first-order valence-corrected chi connectivity index (χ1v) is 8.65. The van der Waals surface area contributed by atoms with Gasteiger partial charge in [0.1, 0.15) is 5.56 Å². The van der Waals surface area contributed by atoms with Crippen LogP contribution in [0.3, 0.4) is 0 Å². The molecule has 27 heavy (non-hydrogen) atoms. The van der Waals surface area contributed by atoms with Gasteiger partial charge in [0.25, 0.3) is 11.5 Å². The van der Waals surface area contributed by atoms with E-state index in [4.69, 9.17) is 11.6 Å². The molecule has 138 valence electrons. The number of anilines is 1. The molecule has 6 nitrogen and oxygen atoms in total. The Morgan fingerprint density at radius 2 is 1.63 bits per heavy atom. The summed E-state index contributed by atoms with van der Waals surface area (Å²) in [4.78, 5) is 40.1. The third-order valence-corrected chi connectivity index (χ3v) is 4.47. The van der Waals surface area contributed by atoms with E-state index in [1.807, 2.05) is 32.9 Å². The number of aromatic nitrogens is 2. The van der Waals surface area contributed by atoms with E-state index < -0.39 is 17.2 Å². The summed E-state index contributed by atoms with van der Waals surface area (Å²) < 4.78 is 0.903. The fraction of sp³-hybridized carbons (Fsp3) is 0.150. The van der Waals surface area contributed by atoms with Crippen LogP contribution in [0.25, 0.3) is 5.69 Å². The number of rotatable bonds is 3. The van der Waals surface area contributed by atoms with Crippen LogP contribution in [-0.4, -0.2) is 15.5 Å². The van der Waals surface area contributed by atoms with Crippen LogP contribution in [0.2, 0.25) is 5.02 Å². The lowest BCUT2D eigenvalue weighted by Gasteiger charge is -2.13. The number of carbonyl (C=O) groups excluding carboxylic acids is 1. The van der Waals surface area contributed by atoms with Crippen LogP contribution in [0.1, 0.15) is 27.0 Å². The first-order valence-electron chi connectivity index (χ1n) is 8.28. The van der Waals surface area contributed by atoms with E-state index in [1.165, 1.54) is 12.1 Å². The zero-order valence-electron chi connectivity index (χ0n) is 15.1. The number of nitrogens with zero attached hydrogens (tertiary/aromatic N) is 1. The van der Waals surface area contributed by atoms with Crippen LogP contribution < -0.4 is 16.6 Å². The smallest absolute Gasteiger partial charge is 0.321 e. The number of hydrogen-bond donors (Lipinski definition) is 2. The van der Waals surface area contributed by atoms with Gasteiger partial charge >= 0.3 is 5.69 Å². The van der Waals surface area contributed by atoms with Crippen molar-refractivity contribution in [2.45, 2.75) is 20.8 Å². The summed E-state index contributed by atoms with van der Waals surface area (Å²) in [6.07, 6.45) is 1.13. The Morgan fingerprint density at radius 1 is 1.04 bits per heavy atom. The van der Waals surface area contributed by atoms with E-state index in [9.17, 15) is 14.4 Å².